The average Bonchev–Trinajstić information content (AvgIpc) is 3.80. The van der Waals surface area contributed by atoms with Crippen LogP contribution in [0.25, 0.3) is 33.4 Å². The summed E-state index contributed by atoms with van der Waals surface area (Å²) in [5.41, 5.74) is 7.88. The van der Waals surface area contributed by atoms with Crippen LogP contribution in [0.3, 0.4) is 0 Å². The van der Waals surface area contributed by atoms with Gasteiger partial charge in [-0.25, -0.2) is 0 Å². The summed E-state index contributed by atoms with van der Waals surface area (Å²) < 4.78 is 40.8. The number of methoxy groups -OCH3 is 2. The zero-order chi connectivity index (χ0) is 32.6. The summed E-state index contributed by atoms with van der Waals surface area (Å²) in [5.74, 6) is 2.84. The number of hydrogen-bond donors (Lipinski definition) is 0. The first-order valence-electron chi connectivity index (χ1n) is 16.0. The van der Waals surface area contributed by atoms with Gasteiger partial charge in [-0.05, 0) is 82.6 Å². The van der Waals surface area contributed by atoms with Gasteiger partial charge in [-0.1, -0.05) is 26.0 Å². The summed E-state index contributed by atoms with van der Waals surface area (Å²) in [6.45, 7) is 5.39. The number of nitrogens with zero attached hydrogens (tertiary/aromatic N) is 2. The molecule has 4 aromatic rings. The van der Waals surface area contributed by atoms with Gasteiger partial charge in [0.05, 0.1) is 40.0 Å². The third-order valence-corrected chi connectivity index (χ3v) is 7.94. The predicted octanol–water partition coefficient (Wildman–Crippen LogP) is 7.84. The van der Waals surface area contributed by atoms with Crippen molar-refractivity contribution in [3.63, 3.8) is 0 Å². The fourth-order valence-corrected chi connectivity index (χ4v) is 5.48. The zero-order valence-corrected chi connectivity index (χ0v) is 27.2. The van der Waals surface area contributed by atoms with E-state index in [0.29, 0.717) is 48.9 Å². The molecule has 0 saturated heterocycles. The van der Waals surface area contributed by atoms with Crippen molar-refractivity contribution in [3.8, 4) is 45.3 Å². The van der Waals surface area contributed by atoms with Crippen LogP contribution in [0.1, 0.15) is 37.8 Å². The molecular weight excluding hydrogens is 594 g/mol. The van der Waals surface area contributed by atoms with E-state index in [9.17, 15) is 0 Å². The molecule has 0 N–H and O–H groups in total. The monoisotopic (exact) mass is 632 g/mol. The van der Waals surface area contributed by atoms with Crippen molar-refractivity contribution < 1.29 is 32.8 Å². The Hall–Kier alpha value is -4.89. The number of pyridine rings is 2. The van der Waals surface area contributed by atoms with Crippen LogP contribution in [-0.4, -0.2) is 51.6 Å². The highest BCUT2D eigenvalue weighted by molar-refractivity contribution is 6.63. The molecule has 0 unspecified atom stereocenters. The normalized spacial score (nSPS) is 13.9. The minimum absolute atomic E-state index is 0.466. The lowest BCUT2D eigenvalue weighted by Crippen LogP contribution is -2.28. The SMILES string of the molecule is CCCOc1cc(-c2cncc(C3=COB(OB4CC(c5cncc(-c6ccc(OC)c(OCCC)c6)c5)=CO4)C3)c2)ccc1OC. The number of benzene rings is 2. The maximum atomic E-state index is 6.21. The lowest BCUT2D eigenvalue weighted by atomic mass is 9.73. The Balaban J connectivity index is 1.07. The van der Waals surface area contributed by atoms with Crippen LogP contribution in [0, 0.1) is 0 Å². The van der Waals surface area contributed by atoms with E-state index in [2.05, 4.69) is 35.9 Å². The molecule has 2 aliphatic heterocycles. The topological polar surface area (TPSA) is 90.4 Å². The molecule has 0 bridgehead atoms. The summed E-state index contributed by atoms with van der Waals surface area (Å²) >= 11 is 0. The highest BCUT2D eigenvalue weighted by atomic mass is 16.6. The van der Waals surface area contributed by atoms with Gasteiger partial charge in [0.25, 0.3) is 0 Å². The quantitative estimate of drug-likeness (QED) is 0.129. The van der Waals surface area contributed by atoms with Crippen molar-refractivity contribution in [1.82, 2.24) is 9.97 Å². The van der Waals surface area contributed by atoms with Crippen molar-refractivity contribution in [3.05, 3.63) is 97.0 Å². The Morgan fingerprint density at radius 3 is 1.45 bits per heavy atom. The molecule has 0 saturated carbocycles. The smallest absolute Gasteiger partial charge is 0.516 e. The van der Waals surface area contributed by atoms with Crippen molar-refractivity contribution in [1.29, 1.82) is 0 Å². The fourth-order valence-electron chi connectivity index (χ4n) is 5.48. The maximum absolute atomic E-state index is 6.21. The first-order valence-corrected chi connectivity index (χ1v) is 16.0. The summed E-state index contributed by atoms with van der Waals surface area (Å²) in [5, 5.41) is 0. The average molecular weight is 632 g/mol. The molecule has 0 amide bonds. The molecule has 0 atom stereocenters. The number of rotatable bonds is 14. The zero-order valence-electron chi connectivity index (χ0n) is 27.2. The van der Waals surface area contributed by atoms with E-state index in [1.807, 2.05) is 61.2 Å². The molecule has 4 heterocycles. The second-order valence-electron chi connectivity index (χ2n) is 11.3. The van der Waals surface area contributed by atoms with Crippen LogP contribution in [0.15, 0.2) is 85.8 Å². The van der Waals surface area contributed by atoms with Crippen LogP contribution in [-0.2, 0) is 13.9 Å². The second kappa shape index (κ2) is 15.1. The van der Waals surface area contributed by atoms with Crippen LogP contribution in [0.5, 0.6) is 23.0 Å². The molecule has 0 aliphatic carbocycles. The largest absolute Gasteiger partial charge is 0.542 e. The molecule has 9 nitrogen and oxygen atoms in total. The molecule has 2 aromatic heterocycles. The highest BCUT2D eigenvalue weighted by Gasteiger charge is 2.37. The molecular formula is C36H38B2N2O7. The van der Waals surface area contributed by atoms with Gasteiger partial charge < -0.3 is 32.8 Å². The molecule has 2 aromatic carbocycles. The standard InChI is InChI=1S/C36H38B2N2O7/c1-5-11-43-35-15-25(7-9-33(35)41-3)27-13-29(21-39-19-27)31-17-37(45-23-31)47-38-18-32(24-46-38)30-14-28(20-40-22-30)26-8-10-34(42-4)36(16-26)44-12-6-2/h7-10,13-16,19-24H,5-6,11-12,17-18H2,1-4H3. The Morgan fingerprint density at radius 2 is 1.02 bits per heavy atom. The maximum Gasteiger partial charge on any atom is 0.516 e. The van der Waals surface area contributed by atoms with E-state index in [4.69, 9.17) is 32.8 Å². The van der Waals surface area contributed by atoms with Crippen molar-refractivity contribution in [2.75, 3.05) is 27.4 Å². The lowest BCUT2D eigenvalue weighted by molar-refractivity contribution is 0.294. The minimum Gasteiger partial charge on any atom is -0.542 e. The molecule has 240 valence electrons. The highest BCUT2D eigenvalue weighted by Crippen LogP contribution is 2.37. The van der Waals surface area contributed by atoms with E-state index in [0.717, 1.165) is 57.4 Å². The first-order chi connectivity index (χ1) is 23.1. The molecule has 0 fully saturated rings. The summed E-state index contributed by atoms with van der Waals surface area (Å²) in [7, 11) is 2.36. The van der Waals surface area contributed by atoms with Gasteiger partial charge in [0.15, 0.2) is 23.0 Å². The third-order valence-electron chi connectivity index (χ3n) is 7.94. The van der Waals surface area contributed by atoms with E-state index in [1.165, 1.54) is 0 Å². The van der Waals surface area contributed by atoms with Gasteiger partial charge in [-0.15, -0.1) is 0 Å². The Labute approximate surface area is 276 Å². The first kappa shape index (κ1) is 32.1. The van der Waals surface area contributed by atoms with Gasteiger partial charge in [-0.2, -0.15) is 0 Å². The van der Waals surface area contributed by atoms with Gasteiger partial charge in [0.1, 0.15) is 0 Å². The van der Waals surface area contributed by atoms with E-state index in [1.54, 1.807) is 26.7 Å². The lowest BCUT2D eigenvalue weighted by Gasteiger charge is -2.13. The van der Waals surface area contributed by atoms with E-state index < -0.39 is 14.2 Å². The summed E-state index contributed by atoms with van der Waals surface area (Å²) in [4.78, 5) is 9.01. The Morgan fingerprint density at radius 1 is 0.574 bits per heavy atom. The van der Waals surface area contributed by atoms with Crippen molar-refractivity contribution in [2.45, 2.75) is 39.3 Å². The molecule has 0 radical (unpaired) electrons. The van der Waals surface area contributed by atoms with Gasteiger partial charge >= 0.3 is 14.2 Å². The van der Waals surface area contributed by atoms with Gasteiger partial charge in [-0.3, -0.25) is 9.97 Å². The Bertz CT molecular complexity index is 1640. The molecule has 47 heavy (non-hydrogen) atoms. The van der Waals surface area contributed by atoms with Crippen LogP contribution >= 0.6 is 0 Å². The number of aromatic nitrogens is 2. The Kier molecular flexibility index (Phi) is 10.3. The molecule has 6 rings (SSSR count). The molecule has 2 aliphatic rings. The summed E-state index contributed by atoms with van der Waals surface area (Å²) in [6.07, 6.45) is 13.8. The number of allylic oxidation sites excluding steroid dienone is 2. The number of ether oxygens (including phenoxy) is 4. The molecule has 0 spiro atoms. The number of hydrogen-bond acceptors (Lipinski definition) is 9. The summed E-state index contributed by atoms with van der Waals surface area (Å²) in [6, 6.07) is 16.0. The molecule has 11 heteroatoms. The van der Waals surface area contributed by atoms with Crippen LogP contribution < -0.4 is 18.9 Å². The third kappa shape index (κ3) is 7.58. The van der Waals surface area contributed by atoms with E-state index >= 15 is 0 Å². The second-order valence-corrected chi connectivity index (χ2v) is 11.3. The fraction of sp³-hybridized carbons (Fsp3) is 0.278. The van der Waals surface area contributed by atoms with E-state index in [-0.39, 0.29) is 0 Å². The minimum atomic E-state index is -0.466. The predicted molar refractivity (Wildman–Crippen MR) is 184 cm³/mol. The van der Waals surface area contributed by atoms with Gasteiger partial charge in [0.2, 0.25) is 0 Å². The van der Waals surface area contributed by atoms with Crippen LogP contribution in [0.2, 0.25) is 12.6 Å². The van der Waals surface area contributed by atoms with Crippen LogP contribution in [0.4, 0.5) is 0 Å². The van der Waals surface area contributed by atoms with Crippen molar-refractivity contribution >= 4 is 25.4 Å². The van der Waals surface area contributed by atoms with Crippen molar-refractivity contribution in [2.24, 2.45) is 0 Å². The van der Waals surface area contributed by atoms with Gasteiger partial charge in [0, 0.05) is 48.6 Å².